The van der Waals surface area contributed by atoms with Crippen LogP contribution in [-0.2, 0) is 63.7 Å². The Kier molecular flexibility index (Phi) is 16.1. The van der Waals surface area contributed by atoms with E-state index in [0.717, 1.165) is 17.1 Å². The molecule has 0 unspecified atom stereocenters. The van der Waals surface area contributed by atoms with Crippen LogP contribution in [0.4, 0.5) is 0 Å². The lowest BCUT2D eigenvalue weighted by molar-refractivity contribution is -0.256. The Morgan fingerprint density at radius 1 is 0.867 bits per heavy atom. The number of carbonyl (C=O) groups is 9. The fourth-order valence-corrected chi connectivity index (χ4v) is 10.4. The summed E-state index contributed by atoms with van der Waals surface area (Å²) in [5, 5.41) is 48.9. The van der Waals surface area contributed by atoms with E-state index >= 15 is 0 Å². The van der Waals surface area contributed by atoms with Crippen molar-refractivity contribution >= 4 is 52.9 Å². The molecule has 0 saturated carbocycles. The Morgan fingerprint density at radius 3 is 2.27 bits per heavy atom. The molecule has 6 aliphatic rings. The lowest BCUT2D eigenvalue weighted by atomic mass is 9.72. The van der Waals surface area contributed by atoms with Crippen LogP contribution in [0.25, 0.3) is 0 Å². The smallest absolute Gasteiger partial charge is 0.253 e. The van der Waals surface area contributed by atoms with Crippen molar-refractivity contribution in [3.8, 4) is 17.2 Å². The average molecular weight is 1050 g/mol. The van der Waals surface area contributed by atoms with Gasteiger partial charge in [0.2, 0.25) is 29.4 Å². The number of phenolic OH excluding ortho intramolecular Hbond substituents is 2. The number of phenols is 2. The predicted octanol–water partition coefficient (Wildman–Crippen LogP) is -1.54. The van der Waals surface area contributed by atoms with Gasteiger partial charge in [0.15, 0.2) is 24.6 Å². The molecule has 25 nitrogen and oxygen atoms in total. The number of hydrogen-bond acceptors (Lipinski definition) is 19. The first-order valence-electron chi connectivity index (χ1n) is 24.6. The van der Waals surface area contributed by atoms with E-state index in [0.29, 0.717) is 13.2 Å². The van der Waals surface area contributed by atoms with Crippen molar-refractivity contribution < 1.29 is 86.9 Å². The highest BCUT2D eigenvalue weighted by atomic mass is 16.7. The van der Waals surface area contributed by atoms with Crippen LogP contribution in [0.15, 0.2) is 30.4 Å². The lowest BCUT2D eigenvalue weighted by Crippen LogP contribution is -2.56. The van der Waals surface area contributed by atoms with Gasteiger partial charge in [-0.15, -0.1) is 0 Å². The Bertz CT molecular complexity index is 2700. The summed E-state index contributed by atoms with van der Waals surface area (Å²) in [6.07, 6.45) is -3.73. The van der Waals surface area contributed by atoms with Crippen molar-refractivity contribution in [2.24, 2.45) is 5.92 Å². The van der Waals surface area contributed by atoms with Gasteiger partial charge in [0, 0.05) is 93.9 Å². The molecular formula is C50H61N7O18. The van der Waals surface area contributed by atoms with E-state index in [2.05, 4.69) is 31.5 Å². The molecule has 0 aromatic heterocycles. The number of amides is 7. The number of aliphatic hydroxyl groups is 1. The second-order valence-electron chi connectivity index (χ2n) is 19.5. The predicted molar refractivity (Wildman–Crippen MR) is 255 cm³/mol. The summed E-state index contributed by atoms with van der Waals surface area (Å²) >= 11 is 0. The van der Waals surface area contributed by atoms with Gasteiger partial charge in [-0.3, -0.25) is 53.0 Å². The molecule has 2 aromatic carbocycles. The number of morpholine rings is 1. The van der Waals surface area contributed by atoms with Crippen LogP contribution in [0, 0.1) is 5.92 Å². The van der Waals surface area contributed by atoms with Crippen molar-refractivity contribution in [3.05, 3.63) is 63.7 Å². The SMILES string of the molecule is COc1cccc2c1C(=O)c1c(O)c3c(c(O)c1C2=O)C[C@@](O)(C(=O)NCCNC(=O)CNC(=O)[C@H](C)NC(=O)[C@@H](NC(=O)CCN1C(=O)C=CC1=O)C(C)C)C[C@@H]3O[C@H]1C[C@H]2[C@H](O[C@@H]3[C@@H](OC)OCCN32)[C@H](C)O1. The zero-order valence-corrected chi connectivity index (χ0v) is 42.1. The number of methoxy groups -OCH3 is 2. The molecule has 25 heteroatoms. The minimum Gasteiger partial charge on any atom is -0.507 e. The summed E-state index contributed by atoms with van der Waals surface area (Å²) in [5.41, 5.74) is -4.01. The molecule has 3 fully saturated rings. The average Bonchev–Trinajstić information content (AvgIpc) is 3.94. The highest BCUT2D eigenvalue weighted by molar-refractivity contribution is 6.31. The molecule has 8 rings (SSSR count). The van der Waals surface area contributed by atoms with Crippen LogP contribution in [0.5, 0.6) is 17.2 Å². The van der Waals surface area contributed by atoms with Gasteiger partial charge in [-0.05, 0) is 25.8 Å². The quantitative estimate of drug-likeness (QED) is 0.0407. The zero-order valence-electron chi connectivity index (χ0n) is 42.1. The van der Waals surface area contributed by atoms with Gasteiger partial charge in [-0.25, -0.2) is 0 Å². The van der Waals surface area contributed by atoms with Crippen LogP contribution in [0.3, 0.4) is 0 Å². The van der Waals surface area contributed by atoms with E-state index in [1.54, 1.807) is 20.8 Å². The molecule has 4 heterocycles. The minimum atomic E-state index is -2.39. The van der Waals surface area contributed by atoms with E-state index in [9.17, 15) is 58.5 Å². The van der Waals surface area contributed by atoms with Gasteiger partial charge < -0.3 is 70.3 Å². The molecule has 8 N–H and O–H groups in total. The van der Waals surface area contributed by atoms with Crippen LogP contribution in [-0.4, -0.2) is 186 Å². The topological polar surface area (TPSA) is 336 Å². The standard InChI is InChI=1S/C50H61N7O18/c1-22(2)39(55-30(58)12-15-57-32(60)10-11-33(57)61)46(67)54-23(3)45(66)53-21-31(59)51-13-14-52-49(68)50(69)19-26-36(43(65)38-37(41(26)63)40(62)25-8-7-9-28(70-5)35(25)42(38)64)29(20-50)74-34-18-27-44(24(4)73-34)75-47-48(71-6)72-17-16-56(27)47/h7-11,22-24,27,29,34,39,44,47-48,63,65,69H,12-21H2,1-6H3,(H,51,59)(H,52,68)(H,53,66)(H,54,67)(H,55,58)/t23-,24-,27-,29-,34-,39-,44+,47+,48-,50-/m0/s1. The van der Waals surface area contributed by atoms with E-state index in [4.69, 9.17) is 28.4 Å². The molecular weight excluding hydrogens is 987 g/mol. The van der Waals surface area contributed by atoms with Crippen molar-refractivity contribution in [1.29, 1.82) is 0 Å². The van der Waals surface area contributed by atoms with Gasteiger partial charge in [0.25, 0.3) is 17.7 Å². The number of nitrogens with one attached hydrogen (secondary N) is 5. The monoisotopic (exact) mass is 1050 g/mol. The summed E-state index contributed by atoms with van der Waals surface area (Å²) in [4.78, 5) is 120. The van der Waals surface area contributed by atoms with Crippen LogP contribution >= 0.6 is 0 Å². The van der Waals surface area contributed by atoms with Gasteiger partial charge in [-0.1, -0.05) is 26.0 Å². The number of imide groups is 1. The molecule has 75 heavy (non-hydrogen) atoms. The van der Waals surface area contributed by atoms with Gasteiger partial charge in [0.05, 0.1) is 49.2 Å². The number of ketones is 2. The molecule has 3 saturated heterocycles. The van der Waals surface area contributed by atoms with E-state index in [1.165, 1.54) is 39.3 Å². The summed E-state index contributed by atoms with van der Waals surface area (Å²) in [6, 6.07) is 1.84. The summed E-state index contributed by atoms with van der Waals surface area (Å²) in [7, 11) is 2.82. The van der Waals surface area contributed by atoms with Crippen molar-refractivity contribution in [2.45, 2.75) is 114 Å². The lowest BCUT2D eigenvalue weighted by Gasteiger charge is -2.43. The third-order valence-corrected chi connectivity index (χ3v) is 14.2. The third kappa shape index (κ3) is 10.7. The maximum atomic E-state index is 14.2. The second-order valence-corrected chi connectivity index (χ2v) is 19.5. The van der Waals surface area contributed by atoms with Crippen molar-refractivity contribution in [2.75, 3.05) is 53.6 Å². The first-order valence-corrected chi connectivity index (χ1v) is 24.6. The normalized spacial score (nSPS) is 26.6. The summed E-state index contributed by atoms with van der Waals surface area (Å²) in [5.74, 6) is -8.24. The Morgan fingerprint density at radius 2 is 1.57 bits per heavy atom. The fourth-order valence-electron chi connectivity index (χ4n) is 10.4. The second kappa shape index (κ2) is 22.1. The number of ether oxygens (including phenoxy) is 6. The van der Waals surface area contributed by atoms with Crippen LogP contribution in [0.1, 0.15) is 96.0 Å². The van der Waals surface area contributed by atoms with E-state index in [-0.39, 0.29) is 66.5 Å². The number of fused-ring (bicyclic) bond motifs is 6. The number of benzene rings is 2. The number of nitrogens with zero attached hydrogens (tertiary/aromatic N) is 2. The number of hydrogen-bond donors (Lipinski definition) is 8. The Labute approximate surface area is 429 Å². The van der Waals surface area contributed by atoms with Crippen molar-refractivity contribution in [3.63, 3.8) is 0 Å². The van der Waals surface area contributed by atoms with Gasteiger partial charge in [-0.2, -0.15) is 0 Å². The van der Waals surface area contributed by atoms with Gasteiger partial charge >= 0.3 is 0 Å². The van der Waals surface area contributed by atoms with Crippen LogP contribution in [0.2, 0.25) is 0 Å². The molecule has 0 radical (unpaired) electrons. The fraction of sp³-hybridized carbons (Fsp3) is 0.540. The van der Waals surface area contributed by atoms with E-state index in [1.807, 2.05) is 0 Å². The molecule has 7 amide bonds. The first kappa shape index (κ1) is 54.4. The summed E-state index contributed by atoms with van der Waals surface area (Å²) in [6.45, 7) is 6.17. The van der Waals surface area contributed by atoms with Crippen LogP contribution < -0.4 is 31.3 Å². The molecule has 2 aromatic rings. The maximum absolute atomic E-state index is 14.2. The molecule has 2 aliphatic carbocycles. The van der Waals surface area contributed by atoms with Gasteiger partial charge in [0.1, 0.15) is 41.0 Å². The highest BCUT2D eigenvalue weighted by Gasteiger charge is 2.55. The molecule has 4 aliphatic heterocycles. The first-order chi connectivity index (χ1) is 35.7. The number of aromatic hydroxyl groups is 2. The van der Waals surface area contributed by atoms with E-state index < -0.39 is 156 Å². The highest BCUT2D eigenvalue weighted by Crippen LogP contribution is 2.53. The maximum Gasteiger partial charge on any atom is 0.253 e. The largest absolute Gasteiger partial charge is 0.507 e. The molecule has 0 spiro atoms. The molecule has 0 bridgehead atoms. The zero-order chi connectivity index (χ0) is 54.2. The summed E-state index contributed by atoms with van der Waals surface area (Å²) < 4.78 is 35.9. The number of carbonyl (C=O) groups excluding carboxylic acids is 9. The number of rotatable bonds is 18. The molecule has 10 atom stereocenters. The third-order valence-electron chi connectivity index (χ3n) is 14.2. The van der Waals surface area contributed by atoms with Crippen molar-refractivity contribution in [1.82, 2.24) is 36.4 Å². The minimum absolute atomic E-state index is 0.0602. The Balaban J connectivity index is 0.906. The molecule has 404 valence electrons. The Hall–Kier alpha value is -6.87.